The van der Waals surface area contributed by atoms with E-state index in [1.807, 2.05) is 0 Å². The second kappa shape index (κ2) is 7.65. The Morgan fingerprint density at radius 3 is 2.53 bits per heavy atom. The summed E-state index contributed by atoms with van der Waals surface area (Å²) in [7, 11) is 1.67. The summed E-state index contributed by atoms with van der Waals surface area (Å²) in [5.74, 6) is 0.729. The Hall–Kier alpha value is -0.610. The first kappa shape index (κ1) is 12.5. The van der Waals surface area contributed by atoms with Crippen molar-refractivity contribution in [1.82, 2.24) is 4.90 Å². The molecule has 1 fully saturated rings. The standard InChI is InChI=1S/C11H22N2O2/c1-14-9-10-15-8-5-11(12)13-6-3-2-4-7-13/h12H,2-10H2,1H3. The van der Waals surface area contributed by atoms with Gasteiger partial charge in [0.25, 0.3) is 0 Å². The van der Waals surface area contributed by atoms with Crippen LogP contribution in [0.4, 0.5) is 0 Å². The van der Waals surface area contributed by atoms with Gasteiger partial charge in [-0.2, -0.15) is 0 Å². The van der Waals surface area contributed by atoms with Crippen molar-refractivity contribution in [2.24, 2.45) is 0 Å². The van der Waals surface area contributed by atoms with Gasteiger partial charge in [0, 0.05) is 26.6 Å². The van der Waals surface area contributed by atoms with Crippen LogP contribution in [-0.4, -0.2) is 50.8 Å². The molecule has 4 heteroatoms. The third-order valence-corrected chi connectivity index (χ3v) is 2.65. The first-order chi connectivity index (χ1) is 7.34. The highest BCUT2D eigenvalue weighted by Gasteiger charge is 2.12. The van der Waals surface area contributed by atoms with Crippen LogP contribution in [0.15, 0.2) is 0 Å². The summed E-state index contributed by atoms with van der Waals surface area (Å²) in [4.78, 5) is 2.17. The zero-order chi connectivity index (χ0) is 10.9. The lowest BCUT2D eigenvalue weighted by Gasteiger charge is -2.28. The zero-order valence-corrected chi connectivity index (χ0v) is 9.63. The largest absolute Gasteiger partial charge is 0.382 e. The van der Waals surface area contributed by atoms with Crippen LogP contribution in [0.25, 0.3) is 0 Å². The molecule has 0 saturated carbocycles. The summed E-state index contributed by atoms with van der Waals surface area (Å²) >= 11 is 0. The Bertz CT molecular complexity index is 179. The van der Waals surface area contributed by atoms with E-state index >= 15 is 0 Å². The van der Waals surface area contributed by atoms with Crippen LogP contribution < -0.4 is 0 Å². The third kappa shape index (κ3) is 5.14. The number of hydrogen-bond donors (Lipinski definition) is 1. The Labute approximate surface area is 92.1 Å². The van der Waals surface area contributed by atoms with E-state index in [-0.39, 0.29) is 0 Å². The lowest BCUT2D eigenvalue weighted by Crippen LogP contribution is -2.35. The lowest BCUT2D eigenvalue weighted by atomic mass is 10.1. The fourth-order valence-electron chi connectivity index (χ4n) is 1.74. The van der Waals surface area contributed by atoms with Crippen LogP contribution in [0.3, 0.4) is 0 Å². The molecule has 15 heavy (non-hydrogen) atoms. The maximum Gasteiger partial charge on any atom is 0.0980 e. The quantitative estimate of drug-likeness (QED) is 0.414. The minimum atomic E-state index is 0.629. The SMILES string of the molecule is COCCOCCC(=N)N1CCCCC1. The molecule has 0 aromatic carbocycles. The van der Waals surface area contributed by atoms with Gasteiger partial charge in [0.05, 0.1) is 25.7 Å². The summed E-state index contributed by atoms with van der Waals surface area (Å²) in [6, 6.07) is 0. The molecular formula is C11H22N2O2. The summed E-state index contributed by atoms with van der Waals surface area (Å²) in [5, 5.41) is 7.88. The number of methoxy groups -OCH3 is 1. The summed E-state index contributed by atoms with van der Waals surface area (Å²) in [5.41, 5.74) is 0. The Morgan fingerprint density at radius 1 is 1.13 bits per heavy atom. The molecule has 1 heterocycles. The first-order valence-corrected chi connectivity index (χ1v) is 5.73. The Balaban J connectivity index is 2.02. The molecule has 1 rings (SSSR count). The van der Waals surface area contributed by atoms with Crippen LogP contribution >= 0.6 is 0 Å². The highest BCUT2D eigenvalue weighted by Crippen LogP contribution is 2.09. The molecule has 88 valence electrons. The van der Waals surface area contributed by atoms with Gasteiger partial charge in [-0.05, 0) is 19.3 Å². The van der Waals surface area contributed by atoms with Crippen LogP contribution in [0.2, 0.25) is 0 Å². The van der Waals surface area contributed by atoms with Gasteiger partial charge < -0.3 is 14.4 Å². The zero-order valence-electron chi connectivity index (χ0n) is 9.63. The molecule has 1 saturated heterocycles. The topological polar surface area (TPSA) is 45.6 Å². The van der Waals surface area contributed by atoms with Crippen molar-refractivity contribution in [3.63, 3.8) is 0 Å². The van der Waals surface area contributed by atoms with Gasteiger partial charge in [-0.25, -0.2) is 0 Å². The summed E-state index contributed by atoms with van der Waals surface area (Å²) < 4.78 is 10.2. The van der Waals surface area contributed by atoms with Gasteiger partial charge in [-0.15, -0.1) is 0 Å². The molecule has 0 atom stereocenters. The highest BCUT2D eigenvalue weighted by atomic mass is 16.5. The summed E-state index contributed by atoms with van der Waals surface area (Å²) in [6.07, 6.45) is 4.50. The van der Waals surface area contributed by atoms with Crippen molar-refractivity contribution in [1.29, 1.82) is 5.41 Å². The van der Waals surface area contributed by atoms with Gasteiger partial charge in [-0.3, -0.25) is 5.41 Å². The van der Waals surface area contributed by atoms with E-state index in [1.165, 1.54) is 19.3 Å². The Kier molecular flexibility index (Phi) is 6.36. The van der Waals surface area contributed by atoms with Crippen molar-refractivity contribution in [2.75, 3.05) is 40.0 Å². The van der Waals surface area contributed by atoms with Crippen molar-refractivity contribution in [3.8, 4) is 0 Å². The van der Waals surface area contributed by atoms with E-state index in [9.17, 15) is 0 Å². The van der Waals surface area contributed by atoms with E-state index < -0.39 is 0 Å². The summed E-state index contributed by atoms with van der Waals surface area (Å²) in [6.45, 7) is 4.01. The Morgan fingerprint density at radius 2 is 1.87 bits per heavy atom. The number of piperidine rings is 1. The van der Waals surface area contributed by atoms with E-state index in [0.29, 0.717) is 19.8 Å². The van der Waals surface area contributed by atoms with Crippen molar-refractivity contribution >= 4 is 5.84 Å². The lowest BCUT2D eigenvalue weighted by molar-refractivity contribution is 0.0732. The average Bonchev–Trinajstić information content (AvgIpc) is 2.30. The smallest absolute Gasteiger partial charge is 0.0980 e. The van der Waals surface area contributed by atoms with Gasteiger partial charge in [0.2, 0.25) is 0 Å². The van der Waals surface area contributed by atoms with Crippen LogP contribution in [0, 0.1) is 5.41 Å². The molecule has 0 aromatic heterocycles. The molecule has 0 unspecified atom stereocenters. The molecular weight excluding hydrogens is 192 g/mol. The number of rotatable bonds is 6. The minimum Gasteiger partial charge on any atom is -0.382 e. The molecule has 1 aliphatic heterocycles. The van der Waals surface area contributed by atoms with Gasteiger partial charge >= 0.3 is 0 Å². The predicted octanol–water partition coefficient (Wildman–Crippen LogP) is 1.50. The molecule has 1 N–H and O–H groups in total. The molecule has 0 radical (unpaired) electrons. The molecule has 1 aliphatic rings. The fraction of sp³-hybridized carbons (Fsp3) is 0.909. The molecule has 0 amide bonds. The molecule has 0 spiro atoms. The van der Waals surface area contributed by atoms with Gasteiger partial charge in [-0.1, -0.05) is 0 Å². The van der Waals surface area contributed by atoms with Gasteiger partial charge in [0.1, 0.15) is 0 Å². The third-order valence-electron chi connectivity index (χ3n) is 2.65. The average molecular weight is 214 g/mol. The molecule has 0 aliphatic carbocycles. The molecule has 0 aromatic rings. The van der Waals surface area contributed by atoms with Crippen LogP contribution in [0.1, 0.15) is 25.7 Å². The van der Waals surface area contributed by atoms with Crippen molar-refractivity contribution in [3.05, 3.63) is 0 Å². The molecule has 4 nitrogen and oxygen atoms in total. The number of nitrogens with one attached hydrogen (secondary N) is 1. The minimum absolute atomic E-state index is 0.629. The number of ether oxygens (including phenoxy) is 2. The highest BCUT2D eigenvalue weighted by molar-refractivity contribution is 5.79. The fourth-order valence-corrected chi connectivity index (χ4v) is 1.74. The monoisotopic (exact) mass is 214 g/mol. The number of likely N-dealkylation sites (tertiary alicyclic amines) is 1. The van der Waals surface area contributed by atoms with Gasteiger partial charge in [0.15, 0.2) is 0 Å². The second-order valence-corrected chi connectivity index (χ2v) is 3.85. The second-order valence-electron chi connectivity index (χ2n) is 3.85. The van der Waals surface area contributed by atoms with E-state index in [1.54, 1.807) is 7.11 Å². The van der Waals surface area contributed by atoms with E-state index in [2.05, 4.69) is 4.90 Å². The van der Waals surface area contributed by atoms with E-state index in [4.69, 9.17) is 14.9 Å². The van der Waals surface area contributed by atoms with Crippen molar-refractivity contribution < 1.29 is 9.47 Å². The number of nitrogens with zero attached hydrogens (tertiary/aromatic N) is 1. The van der Waals surface area contributed by atoms with E-state index in [0.717, 1.165) is 25.3 Å². The van der Waals surface area contributed by atoms with Crippen LogP contribution in [0.5, 0.6) is 0 Å². The number of amidine groups is 1. The van der Waals surface area contributed by atoms with Crippen LogP contribution in [-0.2, 0) is 9.47 Å². The normalized spacial score (nSPS) is 16.7. The van der Waals surface area contributed by atoms with Crippen molar-refractivity contribution in [2.45, 2.75) is 25.7 Å². The maximum atomic E-state index is 7.88. The predicted molar refractivity (Wildman–Crippen MR) is 60.5 cm³/mol. The number of hydrogen-bond acceptors (Lipinski definition) is 3. The maximum absolute atomic E-state index is 7.88. The molecule has 0 bridgehead atoms. The first-order valence-electron chi connectivity index (χ1n) is 5.73.